The van der Waals surface area contributed by atoms with Crippen molar-refractivity contribution in [3.8, 4) is 0 Å². The van der Waals surface area contributed by atoms with Gasteiger partial charge in [-0.1, -0.05) is 30.3 Å². The molecule has 0 saturated carbocycles. The average Bonchev–Trinajstić information content (AvgIpc) is 2.56. The summed E-state index contributed by atoms with van der Waals surface area (Å²) < 4.78 is 5.08. The number of amides is 1. The zero-order chi connectivity index (χ0) is 15.6. The number of carbonyl (C=O) groups excluding carboxylic acids is 1. The molecular formula is C18H26N2O2. The van der Waals surface area contributed by atoms with Gasteiger partial charge in [-0.2, -0.15) is 0 Å². The van der Waals surface area contributed by atoms with Crippen LogP contribution < -0.4 is 5.32 Å². The molecule has 1 aromatic rings. The largest absolute Gasteiger partial charge is 0.385 e. The van der Waals surface area contributed by atoms with Gasteiger partial charge in [-0.25, -0.2) is 0 Å². The van der Waals surface area contributed by atoms with Crippen LogP contribution in [0.15, 0.2) is 36.4 Å². The van der Waals surface area contributed by atoms with Gasteiger partial charge in [0.15, 0.2) is 0 Å². The number of nitrogens with zero attached hydrogens (tertiary/aromatic N) is 1. The van der Waals surface area contributed by atoms with Crippen molar-refractivity contribution in [3.63, 3.8) is 0 Å². The monoisotopic (exact) mass is 302 g/mol. The maximum Gasteiger partial charge on any atom is 0.244 e. The molecule has 1 aromatic carbocycles. The topological polar surface area (TPSA) is 41.6 Å². The predicted molar refractivity (Wildman–Crippen MR) is 89.6 cm³/mol. The second-order valence-electron chi connectivity index (χ2n) is 5.71. The zero-order valence-electron chi connectivity index (χ0n) is 13.3. The van der Waals surface area contributed by atoms with Crippen LogP contribution in [0.4, 0.5) is 0 Å². The number of hydrogen-bond donors (Lipinski definition) is 1. The number of benzene rings is 1. The Morgan fingerprint density at radius 3 is 2.73 bits per heavy atom. The first-order chi connectivity index (χ1) is 10.8. The molecule has 1 fully saturated rings. The van der Waals surface area contributed by atoms with Gasteiger partial charge < -0.3 is 15.0 Å². The summed E-state index contributed by atoms with van der Waals surface area (Å²) in [5.41, 5.74) is 1.05. The van der Waals surface area contributed by atoms with Gasteiger partial charge in [-0.3, -0.25) is 4.79 Å². The van der Waals surface area contributed by atoms with Crippen LogP contribution in [0.3, 0.4) is 0 Å². The van der Waals surface area contributed by atoms with Crippen LogP contribution in [0.25, 0.3) is 6.08 Å². The van der Waals surface area contributed by atoms with Gasteiger partial charge in [0.1, 0.15) is 0 Å². The maximum absolute atomic E-state index is 11.9. The lowest BCUT2D eigenvalue weighted by Gasteiger charge is -2.32. The van der Waals surface area contributed by atoms with Gasteiger partial charge in [0.25, 0.3) is 0 Å². The minimum atomic E-state index is 0.00156. The van der Waals surface area contributed by atoms with E-state index in [1.54, 1.807) is 13.2 Å². The average molecular weight is 302 g/mol. The number of nitrogens with one attached hydrogen (secondary N) is 1. The summed E-state index contributed by atoms with van der Waals surface area (Å²) in [6.07, 6.45) is 6.61. The van der Waals surface area contributed by atoms with Crippen molar-refractivity contribution in [1.82, 2.24) is 10.2 Å². The molecule has 1 aliphatic heterocycles. The van der Waals surface area contributed by atoms with Crippen LogP contribution >= 0.6 is 0 Å². The first kappa shape index (κ1) is 16.7. The van der Waals surface area contributed by atoms with Crippen LogP contribution in [-0.4, -0.2) is 50.2 Å². The van der Waals surface area contributed by atoms with E-state index in [4.69, 9.17) is 4.74 Å². The number of ether oxygens (including phenoxy) is 1. The highest BCUT2D eigenvalue weighted by Gasteiger charge is 2.19. The van der Waals surface area contributed by atoms with Crippen molar-refractivity contribution in [2.45, 2.75) is 25.3 Å². The standard InChI is InChI=1S/C18H26N2O2/c1-22-15-5-12-20-13-10-17(11-14-20)19-18(21)9-8-16-6-3-2-4-7-16/h2-4,6-9,17H,5,10-15H2,1H3,(H,19,21)/b9-8+. The molecule has 4 heteroatoms. The number of carbonyl (C=O) groups is 1. The van der Waals surface area contributed by atoms with Crippen molar-refractivity contribution in [2.75, 3.05) is 33.4 Å². The molecule has 0 aromatic heterocycles. The van der Waals surface area contributed by atoms with E-state index in [2.05, 4.69) is 10.2 Å². The van der Waals surface area contributed by atoms with E-state index in [1.807, 2.05) is 36.4 Å². The van der Waals surface area contributed by atoms with Crippen molar-refractivity contribution in [3.05, 3.63) is 42.0 Å². The highest BCUT2D eigenvalue weighted by atomic mass is 16.5. The number of piperidine rings is 1. The molecular weight excluding hydrogens is 276 g/mol. The fourth-order valence-electron chi connectivity index (χ4n) is 2.72. The molecule has 0 radical (unpaired) electrons. The zero-order valence-corrected chi connectivity index (χ0v) is 13.3. The second kappa shape index (κ2) is 9.38. The molecule has 0 aliphatic carbocycles. The van der Waals surface area contributed by atoms with E-state index in [0.717, 1.165) is 51.1 Å². The summed E-state index contributed by atoms with van der Waals surface area (Å²) in [6, 6.07) is 10.2. The number of likely N-dealkylation sites (tertiary alicyclic amines) is 1. The SMILES string of the molecule is COCCCN1CCC(NC(=O)/C=C/c2ccccc2)CC1. The van der Waals surface area contributed by atoms with Crippen LogP contribution in [0.5, 0.6) is 0 Å². The highest BCUT2D eigenvalue weighted by molar-refractivity contribution is 5.91. The number of methoxy groups -OCH3 is 1. The molecule has 0 bridgehead atoms. The van der Waals surface area contributed by atoms with Gasteiger partial charge in [-0.05, 0) is 30.9 Å². The van der Waals surface area contributed by atoms with Crippen molar-refractivity contribution in [1.29, 1.82) is 0 Å². The lowest BCUT2D eigenvalue weighted by Crippen LogP contribution is -2.44. The summed E-state index contributed by atoms with van der Waals surface area (Å²) in [4.78, 5) is 14.4. The summed E-state index contributed by atoms with van der Waals surface area (Å²) in [5.74, 6) is 0.00156. The molecule has 22 heavy (non-hydrogen) atoms. The van der Waals surface area contributed by atoms with Gasteiger partial charge in [-0.15, -0.1) is 0 Å². The molecule has 1 saturated heterocycles. The molecule has 0 spiro atoms. The Bertz CT molecular complexity index is 465. The molecule has 0 atom stereocenters. The smallest absolute Gasteiger partial charge is 0.244 e. The summed E-state index contributed by atoms with van der Waals surface area (Å²) >= 11 is 0. The normalized spacial score (nSPS) is 17.0. The van der Waals surface area contributed by atoms with Gasteiger partial charge in [0, 0.05) is 45.5 Å². The van der Waals surface area contributed by atoms with Crippen LogP contribution in [0.2, 0.25) is 0 Å². The van der Waals surface area contributed by atoms with Gasteiger partial charge in [0.2, 0.25) is 5.91 Å². The van der Waals surface area contributed by atoms with E-state index in [1.165, 1.54) is 0 Å². The Morgan fingerprint density at radius 2 is 2.05 bits per heavy atom. The van der Waals surface area contributed by atoms with E-state index >= 15 is 0 Å². The first-order valence-electron chi connectivity index (χ1n) is 8.03. The lowest BCUT2D eigenvalue weighted by atomic mass is 10.0. The first-order valence-corrected chi connectivity index (χ1v) is 8.03. The quantitative estimate of drug-likeness (QED) is 0.621. The maximum atomic E-state index is 11.9. The third-order valence-corrected chi connectivity index (χ3v) is 3.98. The molecule has 1 aliphatic rings. The molecule has 0 unspecified atom stereocenters. The van der Waals surface area contributed by atoms with E-state index in [0.29, 0.717) is 6.04 Å². The molecule has 2 rings (SSSR count). The highest BCUT2D eigenvalue weighted by Crippen LogP contribution is 2.11. The van der Waals surface area contributed by atoms with E-state index in [9.17, 15) is 4.79 Å². The fraction of sp³-hybridized carbons (Fsp3) is 0.500. The Morgan fingerprint density at radius 1 is 1.32 bits per heavy atom. The minimum absolute atomic E-state index is 0.00156. The summed E-state index contributed by atoms with van der Waals surface area (Å²) in [5, 5.41) is 3.10. The van der Waals surface area contributed by atoms with Gasteiger partial charge in [0.05, 0.1) is 0 Å². The van der Waals surface area contributed by atoms with Crippen LogP contribution in [0, 0.1) is 0 Å². The second-order valence-corrected chi connectivity index (χ2v) is 5.71. The fourth-order valence-corrected chi connectivity index (χ4v) is 2.72. The molecule has 4 nitrogen and oxygen atoms in total. The Hall–Kier alpha value is -1.65. The van der Waals surface area contributed by atoms with Crippen molar-refractivity contribution < 1.29 is 9.53 Å². The Labute approximate surface area is 133 Å². The molecule has 1 heterocycles. The van der Waals surface area contributed by atoms with Crippen molar-refractivity contribution in [2.24, 2.45) is 0 Å². The van der Waals surface area contributed by atoms with Gasteiger partial charge >= 0.3 is 0 Å². The lowest BCUT2D eigenvalue weighted by molar-refractivity contribution is -0.117. The number of rotatable bonds is 7. The molecule has 1 N–H and O–H groups in total. The molecule has 1 amide bonds. The van der Waals surface area contributed by atoms with Crippen molar-refractivity contribution >= 4 is 12.0 Å². The Balaban J connectivity index is 1.67. The predicted octanol–water partition coefficient (Wildman–Crippen LogP) is 2.32. The van der Waals surface area contributed by atoms with E-state index in [-0.39, 0.29) is 5.91 Å². The van der Waals surface area contributed by atoms with E-state index < -0.39 is 0 Å². The molecule has 120 valence electrons. The van der Waals surface area contributed by atoms with Crippen LogP contribution in [-0.2, 0) is 9.53 Å². The minimum Gasteiger partial charge on any atom is -0.385 e. The van der Waals surface area contributed by atoms with Crippen LogP contribution in [0.1, 0.15) is 24.8 Å². The third-order valence-electron chi connectivity index (χ3n) is 3.98. The third kappa shape index (κ3) is 6.00. The summed E-state index contributed by atoms with van der Waals surface area (Å²) in [7, 11) is 1.74. The number of hydrogen-bond acceptors (Lipinski definition) is 3. The summed E-state index contributed by atoms with van der Waals surface area (Å²) in [6.45, 7) is 4.01. The Kier molecular flexibility index (Phi) is 7.13.